The van der Waals surface area contributed by atoms with Gasteiger partial charge < -0.3 is 25.3 Å². The minimum Gasteiger partial charge on any atom is -0.445 e. The van der Waals surface area contributed by atoms with Crippen LogP contribution in [0.5, 0.6) is 0 Å². The number of benzene rings is 3. The number of hydrogen-bond donors (Lipinski definition) is 4. The van der Waals surface area contributed by atoms with Crippen LogP contribution >= 0.6 is 0 Å². The van der Waals surface area contributed by atoms with Crippen LogP contribution in [0.4, 0.5) is 4.79 Å². The third-order valence-electron chi connectivity index (χ3n) is 7.73. The lowest BCUT2D eigenvalue weighted by Gasteiger charge is -2.20. The molecule has 0 spiro atoms. The Morgan fingerprint density at radius 3 is 2.10 bits per heavy atom. The van der Waals surface area contributed by atoms with Crippen LogP contribution < -0.4 is 10.6 Å². The molecule has 1 amide bonds. The van der Waals surface area contributed by atoms with E-state index in [2.05, 4.69) is 69.1 Å². The summed E-state index contributed by atoms with van der Waals surface area (Å²) in [4.78, 5) is 28.8. The standard InChI is InChI=1S/C34H36N6O2/c1-22(2)31(40-34(41)42-21-23-7-4-3-5-8-23)33-37-20-30(39-33)27-16-12-25(13-17-27)24-10-14-26(15-11-24)29-19-36-32(38-29)28-9-6-18-35-28/h3-5,7-8,10-17,19-20,22,28,31,35H,6,9,18,21H2,1-2H3,(H,36,38)(H,37,39)(H,40,41)/t28-,31-/m0/s1. The van der Waals surface area contributed by atoms with Gasteiger partial charge in [0.15, 0.2) is 0 Å². The van der Waals surface area contributed by atoms with Crippen LogP contribution in [-0.4, -0.2) is 32.6 Å². The summed E-state index contributed by atoms with van der Waals surface area (Å²) in [5.74, 6) is 1.83. The van der Waals surface area contributed by atoms with Crippen molar-refractivity contribution in [3.63, 3.8) is 0 Å². The third-order valence-corrected chi connectivity index (χ3v) is 7.73. The molecule has 5 aromatic rings. The first kappa shape index (κ1) is 27.5. The van der Waals surface area contributed by atoms with E-state index in [-0.39, 0.29) is 18.6 Å². The average molecular weight is 561 g/mol. The molecule has 0 saturated carbocycles. The molecule has 8 nitrogen and oxygen atoms in total. The van der Waals surface area contributed by atoms with Crippen molar-refractivity contribution in [3.8, 4) is 33.6 Å². The first-order valence-electron chi connectivity index (χ1n) is 14.6. The van der Waals surface area contributed by atoms with Crippen molar-refractivity contribution in [1.82, 2.24) is 30.6 Å². The number of hydrogen-bond acceptors (Lipinski definition) is 5. The fourth-order valence-corrected chi connectivity index (χ4v) is 5.33. The Morgan fingerprint density at radius 2 is 1.48 bits per heavy atom. The lowest BCUT2D eigenvalue weighted by Crippen LogP contribution is -2.32. The molecule has 0 radical (unpaired) electrons. The zero-order valence-corrected chi connectivity index (χ0v) is 23.9. The van der Waals surface area contributed by atoms with E-state index >= 15 is 0 Å². The van der Waals surface area contributed by atoms with Gasteiger partial charge in [0.25, 0.3) is 0 Å². The highest BCUT2D eigenvalue weighted by Crippen LogP contribution is 2.29. The predicted octanol–water partition coefficient (Wildman–Crippen LogP) is 7.18. The zero-order chi connectivity index (χ0) is 28.9. The molecule has 1 aliphatic rings. The number of aromatic amines is 2. The van der Waals surface area contributed by atoms with Gasteiger partial charge in [-0.05, 0) is 42.0 Å². The number of nitrogens with zero attached hydrogens (tertiary/aromatic N) is 2. The van der Waals surface area contributed by atoms with Crippen molar-refractivity contribution < 1.29 is 9.53 Å². The summed E-state index contributed by atoms with van der Waals surface area (Å²) >= 11 is 0. The van der Waals surface area contributed by atoms with Crippen molar-refractivity contribution in [1.29, 1.82) is 0 Å². The lowest BCUT2D eigenvalue weighted by atomic mass is 10.0. The van der Waals surface area contributed by atoms with E-state index in [9.17, 15) is 4.79 Å². The van der Waals surface area contributed by atoms with Gasteiger partial charge in [0.2, 0.25) is 0 Å². The molecule has 42 heavy (non-hydrogen) atoms. The number of aromatic nitrogens is 4. The molecule has 3 heterocycles. The second-order valence-corrected chi connectivity index (χ2v) is 11.1. The Hall–Kier alpha value is -4.69. The van der Waals surface area contributed by atoms with Gasteiger partial charge in [0.05, 0.1) is 23.5 Å². The minimum absolute atomic E-state index is 0.117. The first-order valence-corrected chi connectivity index (χ1v) is 14.6. The average Bonchev–Trinajstić information content (AvgIpc) is 3.82. The molecule has 6 rings (SSSR count). The topological polar surface area (TPSA) is 108 Å². The summed E-state index contributed by atoms with van der Waals surface area (Å²) in [6.07, 6.45) is 5.72. The number of rotatable bonds is 9. The number of carbonyl (C=O) groups is 1. The highest BCUT2D eigenvalue weighted by Gasteiger charge is 2.23. The number of alkyl carbamates (subject to hydrolysis) is 1. The Kier molecular flexibility index (Phi) is 8.14. The van der Waals surface area contributed by atoms with E-state index in [1.54, 1.807) is 0 Å². The molecule has 1 aliphatic heterocycles. The van der Waals surface area contributed by atoms with Crippen LogP contribution in [0, 0.1) is 5.92 Å². The van der Waals surface area contributed by atoms with Gasteiger partial charge in [-0.1, -0.05) is 92.7 Å². The molecule has 2 atom stereocenters. The van der Waals surface area contributed by atoms with Gasteiger partial charge in [-0.2, -0.15) is 0 Å². The van der Waals surface area contributed by atoms with Crippen molar-refractivity contribution in [2.24, 2.45) is 5.92 Å². The molecule has 0 unspecified atom stereocenters. The maximum absolute atomic E-state index is 12.5. The normalized spacial score (nSPS) is 15.5. The van der Waals surface area contributed by atoms with E-state index in [1.165, 1.54) is 6.42 Å². The largest absolute Gasteiger partial charge is 0.445 e. The van der Waals surface area contributed by atoms with E-state index in [0.29, 0.717) is 11.9 Å². The second-order valence-electron chi connectivity index (χ2n) is 11.1. The van der Waals surface area contributed by atoms with Gasteiger partial charge >= 0.3 is 6.09 Å². The lowest BCUT2D eigenvalue weighted by molar-refractivity contribution is 0.132. The number of imidazole rings is 2. The van der Waals surface area contributed by atoms with Crippen molar-refractivity contribution in [2.75, 3.05) is 6.54 Å². The van der Waals surface area contributed by atoms with Gasteiger partial charge in [-0.3, -0.25) is 0 Å². The maximum atomic E-state index is 12.5. The summed E-state index contributed by atoms with van der Waals surface area (Å²) in [7, 11) is 0. The highest BCUT2D eigenvalue weighted by atomic mass is 16.5. The van der Waals surface area contributed by atoms with Gasteiger partial charge in [-0.25, -0.2) is 14.8 Å². The summed E-state index contributed by atoms with van der Waals surface area (Å²) < 4.78 is 5.43. The summed E-state index contributed by atoms with van der Waals surface area (Å²) in [6.45, 7) is 5.36. The first-order chi connectivity index (χ1) is 20.5. The van der Waals surface area contributed by atoms with Crippen molar-refractivity contribution in [3.05, 3.63) is 108 Å². The van der Waals surface area contributed by atoms with E-state index in [4.69, 9.17) is 14.7 Å². The maximum Gasteiger partial charge on any atom is 0.408 e. The fraction of sp³-hybridized carbons (Fsp3) is 0.265. The molecule has 1 saturated heterocycles. The molecule has 1 fully saturated rings. The van der Waals surface area contributed by atoms with Crippen LogP contribution in [0.15, 0.2) is 91.3 Å². The fourth-order valence-electron chi connectivity index (χ4n) is 5.33. The molecule has 3 aromatic carbocycles. The zero-order valence-electron chi connectivity index (χ0n) is 23.9. The monoisotopic (exact) mass is 560 g/mol. The van der Waals surface area contributed by atoms with Gasteiger partial charge in [0, 0.05) is 23.5 Å². The molecular weight excluding hydrogens is 524 g/mol. The Morgan fingerprint density at radius 1 is 0.857 bits per heavy atom. The van der Waals surface area contributed by atoms with E-state index in [0.717, 1.165) is 58.0 Å². The Bertz CT molecular complexity index is 1600. The second kappa shape index (κ2) is 12.4. The van der Waals surface area contributed by atoms with Gasteiger partial charge in [-0.15, -0.1) is 0 Å². The smallest absolute Gasteiger partial charge is 0.408 e. The van der Waals surface area contributed by atoms with Crippen LogP contribution in [-0.2, 0) is 11.3 Å². The minimum atomic E-state index is -0.468. The SMILES string of the molecule is CC(C)[C@H](NC(=O)OCc1ccccc1)c1nc(-c2ccc(-c3ccc(-c4c[nH]c([C@@H]5CCCN5)n4)cc3)cc2)c[nH]1. The molecule has 8 heteroatoms. The van der Waals surface area contributed by atoms with Crippen molar-refractivity contribution in [2.45, 2.75) is 45.4 Å². The van der Waals surface area contributed by atoms with Crippen LogP contribution in [0.3, 0.4) is 0 Å². The van der Waals surface area contributed by atoms with Gasteiger partial charge in [0.1, 0.15) is 18.3 Å². The van der Waals surface area contributed by atoms with Crippen LogP contribution in [0.1, 0.15) is 56.0 Å². The van der Waals surface area contributed by atoms with Crippen molar-refractivity contribution >= 4 is 6.09 Å². The number of nitrogens with one attached hydrogen (secondary N) is 4. The van der Waals surface area contributed by atoms with E-state index in [1.807, 2.05) is 56.6 Å². The molecular formula is C34H36N6O2. The number of ether oxygens (including phenoxy) is 1. The molecule has 214 valence electrons. The third kappa shape index (κ3) is 6.29. The summed E-state index contributed by atoms with van der Waals surface area (Å²) in [6, 6.07) is 26.5. The predicted molar refractivity (Wildman–Crippen MR) is 164 cm³/mol. The molecule has 4 N–H and O–H groups in total. The molecule has 2 aromatic heterocycles. The Balaban J connectivity index is 1.09. The summed E-state index contributed by atoms with van der Waals surface area (Å²) in [5, 5.41) is 6.46. The number of H-pyrrole nitrogens is 2. The quantitative estimate of drug-likeness (QED) is 0.153. The summed E-state index contributed by atoms with van der Waals surface area (Å²) in [5.41, 5.74) is 7.09. The Labute approximate surface area is 246 Å². The van der Waals surface area contributed by atoms with E-state index < -0.39 is 6.09 Å². The number of amides is 1. The molecule has 0 aliphatic carbocycles. The molecule has 0 bridgehead atoms. The van der Waals surface area contributed by atoms with Crippen LogP contribution in [0.25, 0.3) is 33.6 Å². The number of carbonyl (C=O) groups excluding carboxylic acids is 1. The highest BCUT2D eigenvalue weighted by molar-refractivity contribution is 5.71. The van der Waals surface area contributed by atoms with Crippen LogP contribution in [0.2, 0.25) is 0 Å².